The molecule has 0 saturated carbocycles. The van der Waals surface area contributed by atoms with Gasteiger partial charge in [0, 0.05) is 17.0 Å². The summed E-state index contributed by atoms with van der Waals surface area (Å²) < 4.78 is 5.34. The summed E-state index contributed by atoms with van der Waals surface area (Å²) >= 11 is 5.84. The quantitative estimate of drug-likeness (QED) is 0.636. The van der Waals surface area contributed by atoms with Crippen molar-refractivity contribution >= 4 is 23.4 Å². The van der Waals surface area contributed by atoms with E-state index in [2.05, 4.69) is 0 Å². The molecule has 0 amide bonds. The molecule has 4 heteroatoms. The molecule has 0 radical (unpaired) electrons. The standard InChI is InChI=1S/C16H13ClO3/c1-11(18)9-12-5-2-3-8-15(12)20-16(19)13-6-4-7-14(17)10-13/h2-8,10H,9H2,1H3. The lowest BCUT2D eigenvalue weighted by atomic mass is 10.1. The summed E-state index contributed by atoms with van der Waals surface area (Å²) in [6, 6.07) is 13.5. The highest BCUT2D eigenvalue weighted by molar-refractivity contribution is 6.30. The zero-order chi connectivity index (χ0) is 14.5. The van der Waals surface area contributed by atoms with Crippen molar-refractivity contribution in [2.45, 2.75) is 13.3 Å². The van der Waals surface area contributed by atoms with Gasteiger partial charge in [0.15, 0.2) is 0 Å². The van der Waals surface area contributed by atoms with Crippen LogP contribution in [0.25, 0.3) is 0 Å². The third-order valence-corrected chi connectivity index (χ3v) is 2.91. The Kier molecular flexibility index (Phi) is 4.53. The van der Waals surface area contributed by atoms with Crippen LogP contribution in [0.1, 0.15) is 22.8 Å². The van der Waals surface area contributed by atoms with Crippen molar-refractivity contribution in [3.05, 3.63) is 64.7 Å². The average Bonchev–Trinajstić information content (AvgIpc) is 2.40. The number of hydrogen-bond acceptors (Lipinski definition) is 3. The Morgan fingerprint density at radius 2 is 1.85 bits per heavy atom. The van der Waals surface area contributed by atoms with E-state index in [1.165, 1.54) is 13.0 Å². The lowest BCUT2D eigenvalue weighted by Gasteiger charge is -2.09. The molecule has 2 aromatic carbocycles. The van der Waals surface area contributed by atoms with Gasteiger partial charge in [0.25, 0.3) is 0 Å². The van der Waals surface area contributed by atoms with Gasteiger partial charge in [-0.2, -0.15) is 0 Å². The summed E-state index contributed by atoms with van der Waals surface area (Å²) in [7, 11) is 0. The number of benzene rings is 2. The predicted molar refractivity (Wildman–Crippen MR) is 77.2 cm³/mol. The van der Waals surface area contributed by atoms with Crippen LogP contribution in [0.3, 0.4) is 0 Å². The van der Waals surface area contributed by atoms with Gasteiger partial charge in [0.1, 0.15) is 11.5 Å². The molecule has 102 valence electrons. The lowest BCUT2D eigenvalue weighted by Crippen LogP contribution is -2.10. The highest BCUT2D eigenvalue weighted by Crippen LogP contribution is 2.21. The SMILES string of the molecule is CC(=O)Cc1ccccc1OC(=O)c1cccc(Cl)c1. The summed E-state index contributed by atoms with van der Waals surface area (Å²) in [6.07, 6.45) is 0.235. The van der Waals surface area contributed by atoms with Crippen molar-refractivity contribution in [2.75, 3.05) is 0 Å². The van der Waals surface area contributed by atoms with E-state index < -0.39 is 5.97 Å². The van der Waals surface area contributed by atoms with E-state index in [-0.39, 0.29) is 12.2 Å². The van der Waals surface area contributed by atoms with Crippen LogP contribution in [0, 0.1) is 0 Å². The Bertz CT molecular complexity index is 650. The van der Waals surface area contributed by atoms with Gasteiger partial charge in [0.2, 0.25) is 0 Å². The monoisotopic (exact) mass is 288 g/mol. The number of carbonyl (C=O) groups excluding carboxylic acids is 2. The third-order valence-electron chi connectivity index (χ3n) is 2.67. The van der Waals surface area contributed by atoms with E-state index >= 15 is 0 Å². The van der Waals surface area contributed by atoms with E-state index in [9.17, 15) is 9.59 Å². The topological polar surface area (TPSA) is 43.4 Å². The number of ketones is 1. The molecule has 0 aliphatic carbocycles. The van der Waals surface area contributed by atoms with Crippen molar-refractivity contribution in [3.63, 3.8) is 0 Å². The van der Waals surface area contributed by atoms with Gasteiger partial charge in [-0.15, -0.1) is 0 Å². The minimum atomic E-state index is -0.497. The zero-order valence-electron chi connectivity index (χ0n) is 10.9. The molecule has 0 unspecified atom stereocenters. The molecule has 0 aliphatic rings. The second-order valence-corrected chi connectivity index (χ2v) is 4.82. The van der Waals surface area contributed by atoms with Crippen LogP contribution in [0.4, 0.5) is 0 Å². The molecule has 0 heterocycles. The van der Waals surface area contributed by atoms with Gasteiger partial charge in [0.05, 0.1) is 5.56 Å². The van der Waals surface area contributed by atoms with Gasteiger partial charge in [-0.3, -0.25) is 4.79 Å². The van der Waals surface area contributed by atoms with Gasteiger partial charge < -0.3 is 4.74 Å². The van der Waals surface area contributed by atoms with Gasteiger partial charge in [-0.1, -0.05) is 35.9 Å². The van der Waals surface area contributed by atoms with Crippen molar-refractivity contribution < 1.29 is 14.3 Å². The van der Waals surface area contributed by atoms with Crippen LogP contribution in [0.5, 0.6) is 5.75 Å². The Hall–Kier alpha value is -2.13. The molecule has 0 bridgehead atoms. The lowest BCUT2D eigenvalue weighted by molar-refractivity contribution is -0.116. The second kappa shape index (κ2) is 6.35. The molecular formula is C16H13ClO3. The number of Topliss-reactive ketones (excluding diaryl/α,β-unsaturated/α-hetero) is 1. The average molecular weight is 289 g/mol. The molecule has 0 N–H and O–H groups in total. The molecule has 0 aromatic heterocycles. The van der Waals surface area contributed by atoms with Crippen LogP contribution in [0.15, 0.2) is 48.5 Å². The summed E-state index contributed by atoms with van der Waals surface area (Å²) in [5.74, 6) is -0.0903. The fourth-order valence-corrected chi connectivity index (χ4v) is 1.98. The smallest absolute Gasteiger partial charge is 0.343 e. The number of hydrogen-bond donors (Lipinski definition) is 0. The van der Waals surface area contributed by atoms with Crippen molar-refractivity contribution in [1.29, 1.82) is 0 Å². The first-order chi connectivity index (χ1) is 9.56. The maximum absolute atomic E-state index is 12.0. The molecule has 3 nitrogen and oxygen atoms in total. The van der Waals surface area contributed by atoms with Crippen molar-refractivity contribution in [2.24, 2.45) is 0 Å². The fraction of sp³-hybridized carbons (Fsp3) is 0.125. The van der Waals surface area contributed by atoms with E-state index in [4.69, 9.17) is 16.3 Å². The molecule has 0 saturated heterocycles. The van der Waals surface area contributed by atoms with Crippen LogP contribution >= 0.6 is 11.6 Å². The summed E-state index contributed by atoms with van der Waals surface area (Å²) in [6.45, 7) is 1.50. The van der Waals surface area contributed by atoms with E-state index in [0.717, 1.165) is 0 Å². The summed E-state index contributed by atoms with van der Waals surface area (Å²) in [5, 5.41) is 0.469. The first-order valence-corrected chi connectivity index (χ1v) is 6.49. The van der Waals surface area contributed by atoms with Gasteiger partial charge in [-0.05, 0) is 31.2 Å². The van der Waals surface area contributed by atoms with E-state index in [1.807, 2.05) is 0 Å². The second-order valence-electron chi connectivity index (χ2n) is 4.39. The number of rotatable bonds is 4. The number of ether oxygens (including phenoxy) is 1. The number of para-hydroxylation sites is 1. The van der Waals surface area contributed by atoms with E-state index in [0.29, 0.717) is 21.9 Å². The molecule has 0 spiro atoms. The zero-order valence-corrected chi connectivity index (χ0v) is 11.7. The third kappa shape index (κ3) is 3.68. The van der Waals surface area contributed by atoms with Crippen molar-refractivity contribution in [3.8, 4) is 5.75 Å². The fourth-order valence-electron chi connectivity index (χ4n) is 1.79. The van der Waals surface area contributed by atoms with Crippen LogP contribution in [-0.2, 0) is 11.2 Å². The Morgan fingerprint density at radius 3 is 2.55 bits per heavy atom. The van der Waals surface area contributed by atoms with Crippen LogP contribution < -0.4 is 4.74 Å². The number of esters is 1. The molecule has 0 fully saturated rings. The largest absolute Gasteiger partial charge is 0.423 e. The first-order valence-electron chi connectivity index (χ1n) is 6.11. The van der Waals surface area contributed by atoms with Crippen molar-refractivity contribution in [1.82, 2.24) is 0 Å². The van der Waals surface area contributed by atoms with Gasteiger partial charge in [-0.25, -0.2) is 4.79 Å². The van der Waals surface area contributed by atoms with Crippen LogP contribution in [-0.4, -0.2) is 11.8 Å². The molecule has 2 aromatic rings. The molecule has 0 aliphatic heterocycles. The number of carbonyl (C=O) groups is 2. The maximum atomic E-state index is 12.0. The Balaban J connectivity index is 2.21. The molecule has 20 heavy (non-hydrogen) atoms. The molecule has 0 atom stereocenters. The van der Waals surface area contributed by atoms with E-state index in [1.54, 1.807) is 42.5 Å². The van der Waals surface area contributed by atoms with Crippen LogP contribution in [0.2, 0.25) is 5.02 Å². The maximum Gasteiger partial charge on any atom is 0.343 e. The molecule has 2 rings (SSSR count). The highest BCUT2D eigenvalue weighted by Gasteiger charge is 2.12. The summed E-state index contributed by atoms with van der Waals surface area (Å²) in [4.78, 5) is 23.2. The Morgan fingerprint density at radius 1 is 1.10 bits per heavy atom. The number of halogens is 1. The first kappa shape index (κ1) is 14.3. The Labute approximate surface area is 122 Å². The minimum absolute atomic E-state index is 0.0104. The normalized spacial score (nSPS) is 10.1. The predicted octanol–water partition coefficient (Wildman–Crippen LogP) is 3.69. The summed E-state index contributed by atoms with van der Waals surface area (Å²) in [5.41, 5.74) is 1.06. The van der Waals surface area contributed by atoms with Gasteiger partial charge >= 0.3 is 5.97 Å². The highest BCUT2D eigenvalue weighted by atomic mass is 35.5. The minimum Gasteiger partial charge on any atom is -0.423 e. The molecular weight excluding hydrogens is 276 g/mol.